The lowest BCUT2D eigenvalue weighted by molar-refractivity contribution is 0.352. The van der Waals surface area contributed by atoms with Crippen LogP contribution in [0.25, 0.3) is 0 Å². The molecule has 0 radical (unpaired) electrons. The molecule has 19 heavy (non-hydrogen) atoms. The molecule has 1 aromatic rings. The average molecular weight is 260 g/mol. The van der Waals surface area contributed by atoms with E-state index in [-0.39, 0.29) is 5.54 Å². The van der Waals surface area contributed by atoms with Gasteiger partial charge in [0, 0.05) is 25.2 Å². The van der Waals surface area contributed by atoms with Gasteiger partial charge >= 0.3 is 0 Å². The van der Waals surface area contributed by atoms with E-state index in [9.17, 15) is 0 Å². The smallest absolute Gasteiger partial charge is 0.0237 e. The molecule has 0 aliphatic heterocycles. The predicted octanol–water partition coefficient (Wildman–Crippen LogP) is 3.58. The highest BCUT2D eigenvalue weighted by Gasteiger charge is 2.11. The van der Waals surface area contributed by atoms with Crippen LogP contribution < -0.4 is 5.32 Å². The molecule has 0 aliphatic rings. The molecule has 1 aromatic carbocycles. The molecule has 0 amide bonds. The summed E-state index contributed by atoms with van der Waals surface area (Å²) in [6.45, 7) is 15.5. The number of nitrogens with zero attached hydrogens (tertiary/aromatic N) is 1. The van der Waals surface area contributed by atoms with Crippen LogP contribution in [0, 0.1) is 0 Å². The van der Waals surface area contributed by atoms with Gasteiger partial charge in [-0.1, -0.05) is 36.4 Å². The predicted molar refractivity (Wildman–Crippen MR) is 84.2 cm³/mol. The zero-order valence-corrected chi connectivity index (χ0v) is 13.1. The molecule has 0 unspecified atom stereocenters. The molecule has 106 valence electrons. The van der Waals surface area contributed by atoms with E-state index in [2.05, 4.69) is 75.8 Å². The van der Waals surface area contributed by atoms with E-state index in [0.29, 0.717) is 0 Å². The van der Waals surface area contributed by atoms with Gasteiger partial charge in [-0.25, -0.2) is 0 Å². The normalized spacial score (nSPS) is 11.9. The van der Waals surface area contributed by atoms with Gasteiger partial charge in [0.25, 0.3) is 0 Å². The topological polar surface area (TPSA) is 15.3 Å². The minimum absolute atomic E-state index is 0.150. The second kappa shape index (κ2) is 6.88. The van der Waals surface area contributed by atoms with Crippen molar-refractivity contribution in [2.75, 3.05) is 13.6 Å². The second-order valence-corrected chi connectivity index (χ2v) is 6.50. The van der Waals surface area contributed by atoms with Crippen molar-refractivity contribution in [3.8, 4) is 0 Å². The van der Waals surface area contributed by atoms with Gasteiger partial charge in [0.15, 0.2) is 0 Å². The number of rotatable bonds is 6. The van der Waals surface area contributed by atoms with Crippen LogP contribution in [0.1, 0.15) is 38.8 Å². The first kappa shape index (κ1) is 15.9. The average Bonchev–Trinajstić information content (AvgIpc) is 2.25. The van der Waals surface area contributed by atoms with Crippen molar-refractivity contribution < 1.29 is 0 Å². The van der Waals surface area contributed by atoms with Crippen LogP contribution in [0.2, 0.25) is 0 Å². The Hall–Kier alpha value is -1.12. The molecule has 0 spiro atoms. The molecule has 0 saturated carbocycles. The van der Waals surface area contributed by atoms with Crippen LogP contribution in [0.4, 0.5) is 0 Å². The SMILES string of the molecule is C=C(C)CN(C)Cc1ccccc1CNC(C)(C)C. The van der Waals surface area contributed by atoms with Gasteiger partial charge in [-0.05, 0) is 45.9 Å². The monoisotopic (exact) mass is 260 g/mol. The first-order chi connectivity index (χ1) is 8.78. The van der Waals surface area contributed by atoms with Crippen molar-refractivity contribution in [1.29, 1.82) is 0 Å². The molecule has 0 fully saturated rings. The molecule has 1 rings (SSSR count). The maximum Gasteiger partial charge on any atom is 0.0237 e. The first-order valence-corrected chi connectivity index (χ1v) is 6.92. The summed E-state index contributed by atoms with van der Waals surface area (Å²) in [6, 6.07) is 8.66. The number of likely N-dealkylation sites (N-methyl/N-ethyl adjacent to an activating group) is 1. The van der Waals surface area contributed by atoms with E-state index < -0.39 is 0 Å². The van der Waals surface area contributed by atoms with Crippen LogP contribution >= 0.6 is 0 Å². The van der Waals surface area contributed by atoms with Gasteiger partial charge in [0.2, 0.25) is 0 Å². The summed E-state index contributed by atoms with van der Waals surface area (Å²) in [4.78, 5) is 2.30. The molecule has 0 heterocycles. The molecule has 2 nitrogen and oxygen atoms in total. The van der Waals surface area contributed by atoms with E-state index in [1.54, 1.807) is 0 Å². The Morgan fingerprint density at radius 2 is 1.79 bits per heavy atom. The number of hydrogen-bond donors (Lipinski definition) is 1. The largest absolute Gasteiger partial charge is 0.308 e. The van der Waals surface area contributed by atoms with Gasteiger partial charge in [0.1, 0.15) is 0 Å². The molecule has 1 N–H and O–H groups in total. The number of hydrogen-bond acceptors (Lipinski definition) is 2. The van der Waals surface area contributed by atoms with Gasteiger partial charge in [-0.2, -0.15) is 0 Å². The third-order valence-electron chi connectivity index (χ3n) is 2.91. The van der Waals surface area contributed by atoms with Crippen molar-refractivity contribution in [3.05, 3.63) is 47.5 Å². The lowest BCUT2D eigenvalue weighted by atomic mass is 10.0. The highest BCUT2D eigenvalue weighted by Crippen LogP contribution is 2.13. The quantitative estimate of drug-likeness (QED) is 0.786. The van der Waals surface area contributed by atoms with E-state index in [1.807, 2.05) is 0 Å². The van der Waals surface area contributed by atoms with E-state index in [4.69, 9.17) is 0 Å². The third-order valence-corrected chi connectivity index (χ3v) is 2.91. The summed E-state index contributed by atoms with van der Waals surface area (Å²) in [5.41, 5.74) is 4.12. The Kier molecular flexibility index (Phi) is 5.77. The molecule has 0 aliphatic carbocycles. The maximum absolute atomic E-state index is 3.97. The Morgan fingerprint density at radius 3 is 2.32 bits per heavy atom. The van der Waals surface area contributed by atoms with Crippen molar-refractivity contribution in [3.63, 3.8) is 0 Å². The molecule has 0 aromatic heterocycles. The first-order valence-electron chi connectivity index (χ1n) is 6.92. The standard InChI is InChI=1S/C17H28N2/c1-14(2)12-19(6)13-16-10-8-7-9-15(16)11-18-17(3,4)5/h7-10,18H,1,11-13H2,2-6H3. The summed E-state index contributed by atoms with van der Waals surface area (Å²) in [5.74, 6) is 0. The molecular weight excluding hydrogens is 232 g/mol. The molecular formula is C17H28N2. The fourth-order valence-corrected chi connectivity index (χ4v) is 2.05. The Morgan fingerprint density at radius 1 is 1.21 bits per heavy atom. The van der Waals surface area contributed by atoms with Crippen molar-refractivity contribution in [2.45, 2.75) is 46.3 Å². The van der Waals surface area contributed by atoms with E-state index >= 15 is 0 Å². The zero-order valence-electron chi connectivity index (χ0n) is 13.1. The zero-order chi connectivity index (χ0) is 14.5. The Balaban J connectivity index is 2.70. The number of nitrogens with one attached hydrogen (secondary N) is 1. The van der Waals surface area contributed by atoms with Crippen LogP contribution in [0.15, 0.2) is 36.4 Å². The van der Waals surface area contributed by atoms with Crippen molar-refractivity contribution >= 4 is 0 Å². The van der Waals surface area contributed by atoms with Crippen LogP contribution in [-0.2, 0) is 13.1 Å². The minimum Gasteiger partial charge on any atom is -0.308 e. The highest BCUT2D eigenvalue weighted by molar-refractivity contribution is 5.27. The summed E-state index contributed by atoms with van der Waals surface area (Å²) >= 11 is 0. The van der Waals surface area contributed by atoms with Crippen LogP contribution in [0.3, 0.4) is 0 Å². The summed E-state index contributed by atoms with van der Waals surface area (Å²) in [7, 11) is 2.14. The molecule has 0 atom stereocenters. The minimum atomic E-state index is 0.150. The lowest BCUT2D eigenvalue weighted by Gasteiger charge is -2.23. The molecule has 2 heteroatoms. The molecule has 0 bridgehead atoms. The van der Waals surface area contributed by atoms with Gasteiger partial charge < -0.3 is 5.32 Å². The summed E-state index contributed by atoms with van der Waals surface area (Å²) in [5, 5.41) is 3.56. The van der Waals surface area contributed by atoms with Gasteiger partial charge in [0.05, 0.1) is 0 Å². The van der Waals surface area contributed by atoms with E-state index in [0.717, 1.165) is 19.6 Å². The maximum atomic E-state index is 3.97. The van der Waals surface area contributed by atoms with Gasteiger partial charge in [-0.3, -0.25) is 4.90 Å². The Bertz CT molecular complexity index is 416. The summed E-state index contributed by atoms with van der Waals surface area (Å²) in [6.07, 6.45) is 0. The lowest BCUT2D eigenvalue weighted by Crippen LogP contribution is -2.35. The van der Waals surface area contributed by atoms with E-state index in [1.165, 1.54) is 16.7 Å². The van der Waals surface area contributed by atoms with Gasteiger partial charge in [-0.15, -0.1) is 0 Å². The van der Waals surface area contributed by atoms with Crippen LogP contribution in [0.5, 0.6) is 0 Å². The number of benzene rings is 1. The summed E-state index contributed by atoms with van der Waals surface area (Å²) < 4.78 is 0. The Labute approximate surface area is 118 Å². The second-order valence-electron chi connectivity index (χ2n) is 6.50. The van der Waals surface area contributed by atoms with Crippen molar-refractivity contribution in [1.82, 2.24) is 10.2 Å². The fourth-order valence-electron chi connectivity index (χ4n) is 2.05. The van der Waals surface area contributed by atoms with Crippen molar-refractivity contribution in [2.24, 2.45) is 0 Å². The third kappa shape index (κ3) is 6.55. The van der Waals surface area contributed by atoms with Crippen LogP contribution in [-0.4, -0.2) is 24.0 Å². The highest BCUT2D eigenvalue weighted by atomic mass is 15.1. The fraction of sp³-hybridized carbons (Fsp3) is 0.529. The molecule has 0 saturated heterocycles.